The van der Waals surface area contributed by atoms with Gasteiger partial charge in [-0.25, -0.2) is 9.37 Å². The molecule has 6 atom stereocenters. The second-order valence-corrected chi connectivity index (χ2v) is 12.8. The molecular weight excluding hydrogens is 469 g/mol. The lowest BCUT2D eigenvalue weighted by Gasteiger charge is -2.53. The van der Waals surface area contributed by atoms with Crippen LogP contribution in [0.5, 0.6) is 0 Å². The van der Waals surface area contributed by atoms with Gasteiger partial charge in [0.1, 0.15) is 5.82 Å². The molecule has 2 heterocycles. The number of halogens is 1. The second-order valence-electron chi connectivity index (χ2n) is 10.5. The Bertz CT molecular complexity index is 1040. The lowest BCUT2D eigenvalue weighted by Crippen LogP contribution is -2.54. The van der Waals surface area contributed by atoms with Gasteiger partial charge in [0.15, 0.2) is 5.13 Å². The van der Waals surface area contributed by atoms with Crippen LogP contribution in [0.1, 0.15) is 50.1 Å². The van der Waals surface area contributed by atoms with E-state index >= 15 is 0 Å². The van der Waals surface area contributed by atoms with Gasteiger partial charge in [0.05, 0.1) is 11.8 Å². The van der Waals surface area contributed by atoms with Crippen molar-refractivity contribution in [2.24, 2.45) is 23.2 Å². The standard InChI is InChI=1S/C26H34FN3O2S2/c1-15(24(32)30-10-12-33-13-11-30)19-8-9-26(3)14-20-22(16(2)21(26)23(19)31)29-25(34-20)28-18-6-4-17(27)5-7-18/h4-7,15-16,19,21,23,31H,8-14H2,1-3H3,(H,28,29)/t15-,16+,19+,21+,23-,26+/m0/s1. The zero-order valence-electron chi connectivity index (χ0n) is 20.1. The Kier molecular flexibility index (Phi) is 6.68. The van der Waals surface area contributed by atoms with Gasteiger partial charge in [-0.05, 0) is 60.8 Å². The van der Waals surface area contributed by atoms with Crippen molar-refractivity contribution < 1.29 is 14.3 Å². The van der Waals surface area contributed by atoms with Crippen molar-refractivity contribution in [2.45, 2.75) is 52.1 Å². The molecular formula is C26H34FN3O2S2. The van der Waals surface area contributed by atoms with E-state index in [-0.39, 0.29) is 40.8 Å². The second kappa shape index (κ2) is 9.43. The number of amides is 1. The number of benzene rings is 1. The molecule has 5 rings (SSSR count). The zero-order valence-corrected chi connectivity index (χ0v) is 21.7. The van der Waals surface area contributed by atoms with Crippen LogP contribution in [0.25, 0.3) is 0 Å². The monoisotopic (exact) mass is 503 g/mol. The number of thioether (sulfide) groups is 1. The molecule has 2 N–H and O–H groups in total. The maximum atomic E-state index is 13.3. The van der Waals surface area contributed by atoms with Gasteiger partial charge in [0.2, 0.25) is 5.91 Å². The van der Waals surface area contributed by atoms with Gasteiger partial charge < -0.3 is 15.3 Å². The molecule has 1 aromatic carbocycles. The molecule has 8 heteroatoms. The smallest absolute Gasteiger partial charge is 0.225 e. The van der Waals surface area contributed by atoms with Crippen molar-refractivity contribution in [3.05, 3.63) is 40.7 Å². The van der Waals surface area contributed by atoms with Crippen LogP contribution < -0.4 is 5.32 Å². The summed E-state index contributed by atoms with van der Waals surface area (Å²) in [5, 5.41) is 15.8. The predicted octanol–water partition coefficient (Wildman–Crippen LogP) is 5.29. The Morgan fingerprint density at radius 2 is 2.00 bits per heavy atom. The van der Waals surface area contributed by atoms with Gasteiger partial charge in [0.25, 0.3) is 0 Å². The van der Waals surface area contributed by atoms with Crippen LogP contribution in [0.2, 0.25) is 0 Å². The number of aromatic nitrogens is 1. The summed E-state index contributed by atoms with van der Waals surface area (Å²) >= 11 is 3.57. The molecule has 2 fully saturated rings. The van der Waals surface area contributed by atoms with Gasteiger partial charge in [-0.1, -0.05) is 20.8 Å². The molecule has 0 radical (unpaired) electrons. The van der Waals surface area contributed by atoms with Crippen molar-refractivity contribution in [3.8, 4) is 0 Å². The first kappa shape index (κ1) is 24.1. The number of fused-ring (bicyclic) bond motifs is 2. The number of aliphatic hydroxyl groups excluding tert-OH is 1. The largest absolute Gasteiger partial charge is 0.392 e. The minimum atomic E-state index is -0.518. The predicted molar refractivity (Wildman–Crippen MR) is 137 cm³/mol. The molecule has 1 amide bonds. The number of carbonyl (C=O) groups excluding carboxylic acids is 1. The highest BCUT2D eigenvalue weighted by atomic mass is 32.2. The molecule has 3 aliphatic rings. The van der Waals surface area contributed by atoms with E-state index < -0.39 is 6.10 Å². The number of anilines is 2. The minimum Gasteiger partial charge on any atom is -0.392 e. The first-order chi connectivity index (χ1) is 16.3. The third-order valence-electron chi connectivity index (χ3n) is 8.37. The number of thiazole rings is 1. The Hall–Kier alpha value is -1.64. The van der Waals surface area contributed by atoms with E-state index in [1.807, 2.05) is 23.6 Å². The van der Waals surface area contributed by atoms with Gasteiger partial charge in [-0.2, -0.15) is 11.8 Å². The fourth-order valence-corrected chi connectivity index (χ4v) is 8.70. The van der Waals surface area contributed by atoms with Crippen LogP contribution in [-0.2, 0) is 11.2 Å². The summed E-state index contributed by atoms with van der Waals surface area (Å²) < 4.78 is 13.3. The van der Waals surface area contributed by atoms with Crippen molar-refractivity contribution in [1.82, 2.24) is 9.88 Å². The van der Waals surface area contributed by atoms with Gasteiger partial charge in [-0.15, -0.1) is 11.3 Å². The van der Waals surface area contributed by atoms with Crippen molar-refractivity contribution in [1.29, 1.82) is 0 Å². The molecule has 2 aliphatic carbocycles. The van der Waals surface area contributed by atoms with E-state index in [0.29, 0.717) is 0 Å². The number of carbonyl (C=O) groups is 1. The number of hydrogen-bond acceptors (Lipinski definition) is 6. The molecule has 1 saturated carbocycles. The van der Waals surface area contributed by atoms with Crippen LogP contribution >= 0.6 is 23.1 Å². The summed E-state index contributed by atoms with van der Waals surface area (Å²) in [5.41, 5.74) is 1.86. The first-order valence-electron chi connectivity index (χ1n) is 12.3. The average Bonchev–Trinajstić information content (AvgIpc) is 3.22. The van der Waals surface area contributed by atoms with E-state index in [1.165, 1.54) is 17.0 Å². The van der Waals surface area contributed by atoms with Crippen LogP contribution in [-0.4, -0.2) is 51.6 Å². The molecule has 0 unspecified atom stereocenters. The van der Waals surface area contributed by atoms with Crippen LogP contribution in [0, 0.1) is 29.0 Å². The summed E-state index contributed by atoms with van der Waals surface area (Å²) in [6, 6.07) is 6.31. The Morgan fingerprint density at radius 1 is 1.29 bits per heavy atom. The third-order valence-corrected chi connectivity index (χ3v) is 10.3. The highest BCUT2D eigenvalue weighted by Gasteiger charge is 2.54. The lowest BCUT2D eigenvalue weighted by atomic mass is 9.53. The summed E-state index contributed by atoms with van der Waals surface area (Å²) in [7, 11) is 0. The summed E-state index contributed by atoms with van der Waals surface area (Å²) in [4.78, 5) is 21.4. The molecule has 0 spiro atoms. The summed E-state index contributed by atoms with van der Waals surface area (Å²) in [5.74, 6) is 1.96. The maximum absolute atomic E-state index is 13.3. The number of nitrogens with zero attached hydrogens (tertiary/aromatic N) is 2. The quantitative estimate of drug-likeness (QED) is 0.594. The highest BCUT2D eigenvalue weighted by molar-refractivity contribution is 7.99. The average molecular weight is 504 g/mol. The normalized spacial score (nSPS) is 32.0. The summed E-state index contributed by atoms with van der Waals surface area (Å²) in [6.45, 7) is 8.15. The van der Waals surface area contributed by atoms with E-state index in [0.717, 1.165) is 60.4 Å². The van der Waals surface area contributed by atoms with Gasteiger partial charge in [-0.3, -0.25) is 4.79 Å². The van der Waals surface area contributed by atoms with E-state index in [4.69, 9.17) is 4.98 Å². The van der Waals surface area contributed by atoms with Crippen molar-refractivity contribution in [3.63, 3.8) is 0 Å². The Balaban J connectivity index is 1.35. The van der Waals surface area contributed by atoms with Crippen LogP contribution in [0.3, 0.4) is 0 Å². The minimum absolute atomic E-state index is 0.00740. The zero-order chi connectivity index (χ0) is 24.0. The van der Waals surface area contributed by atoms with Crippen LogP contribution in [0.4, 0.5) is 15.2 Å². The fraction of sp³-hybridized carbons (Fsp3) is 0.615. The number of hydrogen-bond donors (Lipinski definition) is 2. The first-order valence-corrected chi connectivity index (χ1v) is 14.3. The van der Waals surface area contributed by atoms with E-state index in [1.54, 1.807) is 23.5 Å². The molecule has 1 saturated heterocycles. The topological polar surface area (TPSA) is 65.5 Å². The van der Waals surface area contributed by atoms with Crippen molar-refractivity contribution in [2.75, 3.05) is 29.9 Å². The van der Waals surface area contributed by atoms with E-state index in [9.17, 15) is 14.3 Å². The van der Waals surface area contributed by atoms with Gasteiger partial charge >= 0.3 is 0 Å². The number of rotatable bonds is 4. The fourth-order valence-electron chi connectivity index (χ4n) is 6.51. The molecule has 34 heavy (non-hydrogen) atoms. The number of nitrogens with one attached hydrogen (secondary N) is 1. The molecule has 1 aliphatic heterocycles. The SMILES string of the molecule is C[C@H](C(=O)N1CCSCC1)[C@H]1CC[C@]2(C)Cc3sc(Nc4ccc(F)cc4)nc3[C@H](C)[C@@H]2[C@H]1O. The number of aliphatic hydroxyl groups is 1. The Labute approximate surface area is 209 Å². The molecule has 1 aromatic heterocycles. The Morgan fingerprint density at radius 3 is 2.71 bits per heavy atom. The third kappa shape index (κ3) is 4.37. The maximum Gasteiger partial charge on any atom is 0.225 e. The molecule has 2 aromatic rings. The highest BCUT2D eigenvalue weighted by Crippen LogP contribution is 2.57. The van der Waals surface area contributed by atoms with Gasteiger partial charge in [0, 0.05) is 47.0 Å². The van der Waals surface area contributed by atoms with E-state index in [2.05, 4.69) is 19.2 Å². The molecule has 0 bridgehead atoms. The molecule has 5 nitrogen and oxygen atoms in total. The van der Waals surface area contributed by atoms with Crippen molar-refractivity contribution >= 4 is 39.8 Å². The van der Waals surface area contributed by atoms with Crippen LogP contribution in [0.15, 0.2) is 24.3 Å². The summed E-state index contributed by atoms with van der Waals surface area (Å²) in [6.07, 6.45) is 2.27. The molecule has 184 valence electrons. The lowest BCUT2D eigenvalue weighted by molar-refractivity contribution is -0.144.